The number of carbonyl (C=O) groups excluding carboxylic acids is 5. The van der Waals surface area contributed by atoms with Crippen molar-refractivity contribution in [3.63, 3.8) is 0 Å². The molecule has 0 atom stereocenters. The third-order valence-corrected chi connectivity index (χ3v) is 21.7. The van der Waals surface area contributed by atoms with Gasteiger partial charge in [-0.15, -0.1) is 0 Å². The highest BCUT2D eigenvalue weighted by molar-refractivity contribution is 6.01. The van der Waals surface area contributed by atoms with Crippen LogP contribution in [0.15, 0.2) is 146 Å². The highest BCUT2D eigenvalue weighted by Gasteiger charge is 2.26. The number of hydrogen-bond acceptors (Lipinski definition) is 17. The number of carbonyl (C=O) groups is 5. The quantitative estimate of drug-likeness (QED) is 0.0262. The summed E-state index contributed by atoms with van der Waals surface area (Å²) < 4.78 is 15.0. The average Bonchev–Trinajstić information content (AvgIpc) is 1.66. The Bertz CT molecular complexity index is 4870. The maximum absolute atomic E-state index is 13.6. The van der Waals surface area contributed by atoms with Crippen LogP contribution in [-0.4, -0.2) is 179 Å². The third-order valence-electron chi connectivity index (χ3n) is 21.7. The lowest BCUT2D eigenvalue weighted by Crippen LogP contribution is -2.43. The smallest absolute Gasteiger partial charge is 0.251 e. The molecule has 23 heteroatoms. The normalized spacial score (nSPS) is 15.2. The molecule has 4 fully saturated rings. The van der Waals surface area contributed by atoms with Crippen molar-refractivity contribution in [2.24, 2.45) is 0 Å². The van der Waals surface area contributed by atoms with Crippen molar-refractivity contribution < 1.29 is 33.4 Å². The van der Waals surface area contributed by atoms with Crippen LogP contribution >= 0.6 is 0 Å². The molecule has 0 saturated carbocycles. The molecule has 582 valence electrons. The predicted molar refractivity (Wildman–Crippen MR) is 439 cm³/mol. The monoisotopic (exact) mass is 1500 g/mol. The second kappa shape index (κ2) is 38.9. The summed E-state index contributed by atoms with van der Waals surface area (Å²) in [5.74, 6) is -1.04. The molecule has 6 aromatic carbocycles. The van der Waals surface area contributed by atoms with Crippen LogP contribution in [-0.2, 0) is 68.1 Å². The standard InChI is InChI=1S/C44H54N8O3.C39H42N6O4.C5H12N2/c1-5-40-38(41(48-36-16-22-55-23-17-36)39-28-47-52(6-2)42(39)49-40)27-46-44(54)34-13-8-12-33(25-34)43(53)45-26-35-14-9-15-37(30(35)3)32-11-7-10-31(24-32)29-51-20-18-50(4)19-21-51;1-4-35-33(36(43-31-15-17-49-18-16-31)34-23-42-45(5-2)37(34)44-35)22-41-39(48)29-12-7-11-28(20-29)38(47)40-21-30-13-8-14-32(25(30)3)27-10-6-9-26(19-27)24-46;1-7-4-2-6-3-5-7/h7-15,24-25,28,36H,5-6,16-23,26-27,29H2,1-4H3,(H,45,53)(H,46,54)(H,48,49);6-14,19-20,23-24,31H,4-5,15-18,21-22H2,1-3H3,(H,40,47)(H,41,48)(H,43,44);6H,2-5H2,1H3. The Morgan fingerprint density at radius 1 is 0.495 bits per heavy atom. The number of anilines is 2. The molecule has 4 saturated heterocycles. The first-order chi connectivity index (χ1) is 54.1. The Labute approximate surface area is 652 Å². The van der Waals surface area contributed by atoms with Crippen LogP contribution in [0.3, 0.4) is 0 Å². The average molecular weight is 1500 g/mol. The molecule has 8 heterocycles. The number of hydrogen-bond donors (Lipinski definition) is 7. The minimum Gasteiger partial charge on any atom is -0.381 e. The summed E-state index contributed by atoms with van der Waals surface area (Å²) >= 11 is 0. The fourth-order valence-corrected chi connectivity index (χ4v) is 14.9. The zero-order valence-corrected chi connectivity index (χ0v) is 65.6. The predicted octanol–water partition coefficient (Wildman–Crippen LogP) is 12.0. The van der Waals surface area contributed by atoms with E-state index in [9.17, 15) is 24.0 Å². The number of benzene rings is 6. The van der Waals surface area contributed by atoms with Gasteiger partial charge in [0.2, 0.25) is 0 Å². The largest absolute Gasteiger partial charge is 0.381 e. The SMILES string of the molecule is CCc1nc2c(cnn2CC)c(NC2CCOCC2)c1CNC(=O)c1cccc(C(=O)NCc2cccc(-c3cccc(C=O)c3)c2C)c1.CCc1nc2c(cnn2CC)c(NC2CCOCC2)c1CNC(=O)c1cccc(C(=O)NCc2cccc(-c3cccc(CN4CCN(C)CC4)c3)c2C)c1.CN1CCNCC1. The third kappa shape index (κ3) is 20.4. The molecule has 4 aromatic heterocycles. The van der Waals surface area contributed by atoms with Crippen LogP contribution in [0.5, 0.6) is 0 Å². The van der Waals surface area contributed by atoms with Gasteiger partial charge in [-0.2, -0.15) is 10.2 Å². The van der Waals surface area contributed by atoms with Gasteiger partial charge < -0.3 is 56.5 Å². The van der Waals surface area contributed by atoms with E-state index in [2.05, 4.69) is 146 Å². The molecule has 7 N–H and O–H groups in total. The maximum atomic E-state index is 13.6. The number of nitrogens with zero attached hydrogens (tertiary/aromatic N) is 9. The van der Waals surface area contributed by atoms with E-state index in [0.717, 1.165) is 186 Å². The summed E-state index contributed by atoms with van der Waals surface area (Å²) in [6.45, 7) is 28.0. The number of pyridine rings is 2. The fraction of sp³-hybridized carbons (Fsp3) is 0.398. The van der Waals surface area contributed by atoms with Gasteiger partial charge in [-0.05, 0) is 179 Å². The van der Waals surface area contributed by atoms with Gasteiger partial charge in [0.1, 0.15) is 6.29 Å². The Morgan fingerprint density at radius 3 is 1.33 bits per heavy atom. The van der Waals surface area contributed by atoms with Crippen LogP contribution in [0.25, 0.3) is 44.3 Å². The van der Waals surface area contributed by atoms with Crippen LogP contribution in [0.2, 0.25) is 0 Å². The number of aromatic nitrogens is 6. The molecule has 4 amide bonds. The summed E-state index contributed by atoms with van der Waals surface area (Å²) in [5.41, 5.74) is 19.3. The summed E-state index contributed by atoms with van der Waals surface area (Å²) in [5, 5.41) is 34.2. The minimum atomic E-state index is -0.279. The number of fused-ring (bicyclic) bond motifs is 2. The van der Waals surface area contributed by atoms with Gasteiger partial charge in [0, 0.05) is 187 Å². The van der Waals surface area contributed by atoms with Crippen LogP contribution in [0.4, 0.5) is 11.4 Å². The highest BCUT2D eigenvalue weighted by atomic mass is 16.5. The molecule has 111 heavy (non-hydrogen) atoms. The van der Waals surface area contributed by atoms with E-state index in [1.807, 2.05) is 72.0 Å². The second-order valence-electron chi connectivity index (χ2n) is 29.1. The zero-order valence-electron chi connectivity index (χ0n) is 65.6. The van der Waals surface area contributed by atoms with Crippen LogP contribution in [0, 0.1) is 13.8 Å². The van der Waals surface area contributed by atoms with Gasteiger partial charge in [0.15, 0.2) is 11.3 Å². The lowest BCUT2D eigenvalue weighted by molar-refractivity contribution is 0.0903. The highest BCUT2D eigenvalue weighted by Crippen LogP contribution is 2.35. The molecule has 23 nitrogen and oxygen atoms in total. The van der Waals surface area contributed by atoms with Gasteiger partial charge in [-0.1, -0.05) is 98.8 Å². The molecule has 10 aromatic rings. The molecule has 4 aliphatic rings. The van der Waals surface area contributed by atoms with Crippen molar-refractivity contribution in [1.82, 2.24) is 70.8 Å². The molecule has 14 rings (SSSR count). The first kappa shape index (κ1) is 80.0. The summed E-state index contributed by atoms with van der Waals surface area (Å²) in [6.07, 6.45) is 9.56. The van der Waals surface area contributed by atoms with E-state index in [1.165, 1.54) is 24.2 Å². The van der Waals surface area contributed by atoms with Crippen LogP contribution < -0.4 is 37.2 Å². The van der Waals surface area contributed by atoms with Crippen molar-refractivity contribution in [3.05, 3.63) is 224 Å². The topological polar surface area (TPSA) is 259 Å². The van der Waals surface area contributed by atoms with Gasteiger partial charge in [-0.3, -0.25) is 28.9 Å². The Kier molecular flexibility index (Phi) is 28.0. The lowest BCUT2D eigenvalue weighted by Gasteiger charge is -2.32. The number of aryl methyl sites for hydroxylation is 4. The van der Waals surface area contributed by atoms with Crippen LogP contribution in [0.1, 0.15) is 156 Å². The van der Waals surface area contributed by atoms with Gasteiger partial charge in [0.05, 0.1) is 34.5 Å². The Balaban J connectivity index is 0.000000190. The van der Waals surface area contributed by atoms with E-state index in [1.54, 1.807) is 54.6 Å². The second-order valence-corrected chi connectivity index (χ2v) is 29.1. The van der Waals surface area contributed by atoms with Gasteiger partial charge in [-0.25, -0.2) is 19.3 Å². The summed E-state index contributed by atoms with van der Waals surface area (Å²) in [7, 11) is 4.34. The molecular weight excluding hydrogens is 1390 g/mol. The molecule has 0 radical (unpaired) electrons. The first-order valence-corrected chi connectivity index (χ1v) is 39.5. The van der Waals surface area contributed by atoms with Crippen molar-refractivity contribution in [1.29, 1.82) is 0 Å². The number of aldehydes is 1. The molecule has 0 bridgehead atoms. The number of piperazine rings is 2. The zero-order chi connectivity index (χ0) is 77.8. The summed E-state index contributed by atoms with van der Waals surface area (Å²) in [4.78, 5) is 82.4. The summed E-state index contributed by atoms with van der Waals surface area (Å²) in [6, 6.07) is 42.6. The Hall–Kier alpha value is -10.5. The van der Waals surface area contributed by atoms with E-state index in [4.69, 9.17) is 19.4 Å². The van der Waals surface area contributed by atoms with Gasteiger partial charge in [0.25, 0.3) is 23.6 Å². The van der Waals surface area contributed by atoms with Gasteiger partial charge >= 0.3 is 0 Å². The van der Waals surface area contributed by atoms with Crippen molar-refractivity contribution in [3.8, 4) is 22.3 Å². The number of likely N-dealkylation sites (N-methyl/N-ethyl adjacent to an activating group) is 2. The molecule has 0 spiro atoms. The Morgan fingerprint density at radius 2 is 0.910 bits per heavy atom. The molecule has 4 aliphatic heterocycles. The van der Waals surface area contributed by atoms with E-state index in [0.29, 0.717) is 86.6 Å². The van der Waals surface area contributed by atoms with Crippen molar-refractivity contribution in [2.45, 2.75) is 138 Å². The number of amides is 4. The fourth-order valence-electron chi connectivity index (χ4n) is 14.9. The lowest BCUT2D eigenvalue weighted by atomic mass is 9.95. The van der Waals surface area contributed by atoms with Crippen molar-refractivity contribution in [2.75, 3.05) is 104 Å². The number of ether oxygens (including phenoxy) is 2. The minimum absolute atomic E-state index is 0.229. The van der Waals surface area contributed by atoms with E-state index in [-0.39, 0.29) is 42.3 Å². The molecule has 0 aliphatic carbocycles. The number of nitrogens with one attached hydrogen (secondary N) is 7. The number of rotatable bonds is 25. The maximum Gasteiger partial charge on any atom is 0.251 e. The van der Waals surface area contributed by atoms with E-state index >= 15 is 0 Å². The first-order valence-electron chi connectivity index (χ1n) is 39.5. The molecular formula is C88H108N16O7. The van der Waals surface area contributed by atoms with Crippen molar-refractivity contribution >= 4 is 63.4 Å². The van der Waals surface area contributed by atoms with E-state index < -0.39 is 0 Å². The molecule has 0 unspecified atom stereocenters.